The fraction of sp³-hybridized carbons (Fsp3) is 0.333. The molecule has 1 rings (SSSR count). The van der Waals surface area contributed by atoms with Crippen molar-refractivity contribution in [3.63, 3.8) is 0 Å². The Morgan fingerprint density at radius 2 is 2.05 bits per heavy atom. The molecule has 1 amide bonds. The Balaban J connectivity index is 2.65. The molecular formula is C15H17NO3. The molecule has 0 fully saturated rings. The highest BCUT2D eigenvalue weighted by atomic mass is 16.5. The van der Waals surface area contributed by atoms with Gasteiger partial charge in [0.05, 0.1) is 7.11 Å². The lowest BCUT2D eigenvalue weighted by molar-refractivity contribution is -0.145. The van der Waals surface area contributed by atoms with Crippen LogP contribution < -0.4 is 5.32 Å². The van der Waals surface area contributed by atoms with Gasteiger partial charge in [-0.15, -0.1) is 12.3 Å². The van der Waals surface area contributed by atoms with Gasteiger partial charge in [0, 0.05) is 19.3 Å². The second-order valence-corrected chi connectivity index (χ2v) is 4.04. The van der Waals surface area contributed by atoms with Crippen LogP contribution in [-0.4, -0.2) is 25.0 Å². The third kappa shape index (κ3) is 5.26. The Kier molecular flexibility index (Phi) is 6.17. The molecule has 0 saturated heterocycles. The van der Waals surface area contributed by atoms with Crippen LogP contribution in [0.15, 0.2) is 30.3 Å². The Morgan fingerprint density at radius 3 is 2.63 bits per heavy atom. The number of amides is 1. The monoisotopic (exact) mass is 259 g/mol. The van der Waals surface area contributed by atoms with Gasteiger partial charge < -0.3 is 10.1 Å². The predicted molar refractivity (Wildman–Crippen MR) is 72.2 cm³/mol. The van der Waals surface area contributed by atoms with Crippen LogP contribution in [0.4, 0.5) is 0 Å². The van der Waals surface area contributed by atoms with E-state index in [-0.39, 0.29) is 12.3 Å². The maximum atomic E-state index is 11.6. The molecular weight excluding hydrogens is 242 g/mol. The third-order valence-electron chi connectivity index (χ3n) is 2.60. The SMILES string of the molecule is C#CCCC(=O)N[C@@H](Cc1ccccc1)C(=O)OC. The smallest absolute Gasteiger partial charge is 0.328 e. The van der Waals surface area contributed by atoms with E-state index in [4.69, 9.17) is 11.2 Å². The van der Waals surface area contributed by atoms with Gasteiger partial charge in [-0.3, -0.25) is 4.79 Å². The number of ether oxygens (including phenoxy) is 1. The first kappa shape index (κ1) is 14.8. The van der Waals surface area contributed by atoms with Crippen LogP contribution in [0.1, 0.15) is 18.4 Å². The Labute approximate surface area is 113 Å². The summed E-state index contributed by atoms with van der Waals surface area (Å²) in [6, 6.07) is 8.75. The lowest BCUT2D eigenvalue weighted by Crippen LogP contribution is -2.42. The molecule has 0 aliphatic heterocycles. The number of carbonyl (C=O) groups excluding carboxylic acids is 2. The normalized spacial score (nSPS) is 11.2. The molecule has 19 heavy (non-hydrogen) atoms. The summed E-state index contributed by atoms with van der Waals surface area (Å²) < 4.78 is 4.70. The highest BCUT2D eigenvalue weighted by molar-refractivity contribution is 5.84. The van der Waals surface area contributed by atoms with Crippen molar-refractivity contribution in [2.24, 2.45) is 0 Å². The molecule has 0 unspecified atom stereocenters. The van der Waals surface area contributed by atoms with E-state index in [0.717, 1.165) is 5.56 Å². The molecule has 4 heteroatoms. The maximum Gasteiger partial charge on any atom is 0.328 e. The van der Waals surface area contributed by atoms with Crippen molar-refractivity contribution in [3.05, 3.63) is 35.9 Å². The van der Waals surface area contributed by atoms with Gasteiger partial charge in [0.15, 0.2) is 0 Å². The van der Waals surface area contributed by atoms with Gasteiger partial charge in [0.1, 0.15) is 6.04 Å². The molecule has 0 saturated carbocycles. The summed E-state index contributed by atoms with van der Waals surface area (Å²) in [7, 11) is 1.30. The van der Waals surface area contributed by atoms with E-state index >= 15 is 0 Å². The maximum absolute atomic E-state index is 11.6. The van der Waals surface area contributed by atoms with E-state index < -0.39 is 12.0 Å². The van der Waals surface area contributed by atoms with E-state index in [2.05, 4.69) is 11.2 Å². The number of carbonyl (C=O) groups is 2. The van der Waals surface area contributed by atoms with E-state index in [1.165, 1.54) is 7.11 Å². The molecule has 1 atom stereocenters. The molecule has 4 nitrogen and oxygen atoms in total. The van der Waals surface area contributed by atoms with E-state index in [1.807, 2.05) is 30.3 Å². The number of hydrogen-bond donors (Lipinski definition) is 1. The van der Waals surface area contributed by atoms with Gasteiger partial charge in [-0.05, 0) is 5.56 Å². The summed E-state index contributed by atoms with van der Waals surface area (Å²) >= 11 is 0. The summed E-state index contributed by atoms with van der Waals surface area (Å²) in [4.78, 5) is 23.3. The van der Waals surface area contributed by atoms with Gasteiger partial charge in [0.25, 0.3) is 0 Å². The van der Waals surface area contributed by atoms with Gasteiger partial charge in [-0.25, -0.2) is 4.79 Å². The average Bonchev–Trinajstić information content (AvgIpc) is 2.44. The fourth-order valence-corrected chi connectivity index (χ4v) is 1.64. The molecule has 0 spiro atoms. The van der Waals surface area contributed by atoms with Crippen molar-refractivity contribution in [1.82, 2.24) is 5.32 Å². The average molecular weight is 259 g/mol. The van der Waals surface area contributed by atoms with Gasteiger partial charge in [-0.1, -0.05) is 30.3 Å². The highest BCUT2D eigenvalue weighted by Gasteiger charge is 2.21. The fourth-order valence-electron chi connectivity index (χ4n) is 1.64. The van der Waals surface area contributed by atoms with E-state index in [1.54, 1.807) is 0 Å². The van der Waals surface area contributed by atoms with Crippen LogP contribution in [0.25, 0.3) is 0 Å². The van der Waals surface area contributed by atoms with Gasteiger partial charge in [-0.2, -0.15) is 0 Å². The van der Waals surface area contributed by atoms with Gasteiger partial charge in [0.2, 0.25) is 5.91 Å². The van der Waals surface area contributed by atoms with Crippen molar-refractivity contribution in [1.29, 1.82) is 0 Å². The number of hydrogen-bond acceptors (Lipinski definition) is 3. The van der Waals surface area contributed by atoms with Crippen LogP contribution in [0.3, 0.4) is 0 Å². The minimum absolute atomic E-state index is 0.207. The number of esters is 1. The zero-order valence-corrected chi connectivity index (χ0v) is 10.9. The van der Waals surface area contributed by atoms with Crippen LogP contribution in [0, 0.1) is 12.3 Å². The number of nitrogens with one attached hydrogen (secondary N) is 1. The first-order valence-electron chi connectivity index (χ1n) is 6.02. The molecule has 0 bridgehead atoms. The minimum atomic E-state index is -0.683. The molecule has 100 valence electrons. The zero-order chi connectivity index (χ0) is 14.1. The Hall–Kier alpha value is -2.28. The van der Waals surface area contributed by atoms with Crippen molar-refractivity contribution >= 4 is 11.9 Å². The quantitative estimate of drug-likeness (QED) is 0.619. The summed E-state index contributed by atoms with van der Waals surface area (Å²) in [5, 5.41) is 2.64. The molecule has 1 aromatic rings. The van der Waals surface area contributed by atoms with Crippen LogP contribution in [0.5, 0.6) is 0 Å². The lowest BCUT2D eigenvalue weighted by atomic mass is 10.1. The first-order valence-corrected chi connectivity index (χ1v) is 6.02. The first-order chi connectivity index (χ1) is 9.17. The molecule has 0 radical (unpaired) electrons. The second kappa shape index (κ2) is 7.93. The van der Waals surface area contributed by atoms with Crippen molar-refractivity contribution < 1.29 is 14.3 Å². The number of benzene rings is 1. The van der Waals surface area contributed by atoms with Gasteiger partial charge >= 0.3 is 5.97 Å². The van der Waals surface area contributed by atoms with Crippen LogP contribution in [0.2, 0.25) is 0 Å². The summed E-state index contributed by atoms with van der Waals surface area (Å²) in [5.74, 6) is 1.68. The predicted octanol–water partition coefficient (Wildman–Crippen LogP) is 1.30. The van der Waals surface area contributed by atoms with Crippen LogP contribution >= 0.6 is 0 Å². The summed E-state index contributed by atoms with van der Waals surface area (Å²) in [6.07, 6.45) is 6.05. The van der Waals surface area contributed by atoms with E-state index in [0.29, 0.717) is 12.8 Å². The largest absolute Gasteiger partial charge is 0.467 e. The molecule has 0 aliphatic rings. The molecule has 1 aromatic carbocycles. The highest BCUT2D eigenvalue weighted by Crippen LogP contribution is 2.05. The Morgan fingerprint density at radius 1 is 1.37 bits per heavy atom. The van der Waals surface area contributed by atoms with E-state index in [9.17, 15) is 9.59 Å². The number of terminal acetylenes is 1. The molecule has 0 aliphatic carbocycles. The van der Waals surface area contributed by atoms with Crippen molar-refractivity contribution in [3.8, 4) is 12.3 Å². The standard InChI is InChI=1S/C15H17NO3/c1-3-4-10-14(17)16-13(15(18)19-2)11-12-8-6-5-7-9-12/h1,5-9,13H,4,10-11H2,2H3,(H,16,17)/t13-/m0/s1. The molecule has 0 heterocycles. The Bertz CT molecular complexity index is 462. The zero-order valence-electron chi connectivity index (χ0n) is 10.9. The third-order valence-corrected chi connectivity index (χ3v) is 2.60. The van der Waals surface area contributed by atoms with Crippen LogP contribution in [-0.2, 0) is 20.7 Å². The molecule has 1 N–H and O–H groups in total. The topological polar surface area (TPSA) is 55.4 Å². The molecule has 0 aromatic heterocycles. The minimum Gasteiger partial charge on any atom is -0.467 e. The summed E-state index contributed by atoms with van der Waals surface area (Å²) in [6.45, 7) is 0. The lowest BCUT2D eigenvalue weighted by Gasteiger charge is -2.16. The number of methoxy groups -OCH3 is 1. The van der Waals surface area contributed by atoms with Crippen molar-refractivity contribution in [2.75, 3.05) is 7.11 Å². The second-order valence-electron chi connectivity index (χ2n) is 4.04. The number of rotatable bonds is 6. The van der Waals surface area contributed by atoms with Crippen molar-refractivity contribution in [2.45, 2.75) is 25.3 Å². The summed E-state index contributed by atoms with van der Waals surface area (Å²) in [5.41, 5.74) is 0.954.